The third kappa shape index (κ3) is 1.47. The molecule has 0 bridgehead atoms. The Bertz CT molecular complexity index is 248. The predicted molar refractivity (Wildman–Crippen MR) is 51.1 cm³/mol. The Morgan fingerprint density at radius 1 is 1.50 bits per heavy atom. The van der Waals surface area contributed by atoms with Crippen molar-refractivity contribution in [1.82, 2.24) is 4.90 Å². The lowest BCUT2D eigenvalue weighted by atomic mass is 9.65. The lowest BCUT2D eigenvalue weighted by Crippen LogP contribution is -2.60. The van der Waals surface area contributed by atoms with Gasteiger partial charge in [-0.15, -0.1) is 0 Å². The van der Waals surface area contributed by atoms with Crippen LogP contribution >= 0.6 is 0 Å². The summed E-state index contributed by atoms with van der Waals surface area (Å²) in [6.07, 6.45) is 1.78. The fourth-order valence-corrected chi connectivity index (χ4v) is 2.85. The van der Waals surface area contributed by atoms with Gasteiger partial charge in [-0.3, -0.25) is 0 Å². The van der Waals surface area contributed by atoms with Crippen LogP contribution in [-0.2, 0) is 0 Å². The van der Waals surface area contributed by atoms with E-state index in [4.69, 9.17) is 5.11 Å². The second-order valence-corrected chi connectivity index (χ2v) is 4.93. The number of nitrogens with zero attached hydrogens (tertiary/aromatic N) is 1. The van der Waals surface area contributed by atoms with Crippen molar-refractivity contribution >= 4 is 6.09 Å². The van der Waals surface area contributed by atoms with Gasteiger partial charge in [-0.1, -0.05) is 6.92 Å². The Kier molecular flexibility index (Phi) is 2.18. The van der Waals surface area contributed by atoms with Gasteiger partial charge in [0.2, 0.25) is 0 Å². The first-order chi connectivity index (χ1) is 6.52. The van der Waals surface area contributed by atoms with E-state index in [0.29, 0.717) is 19.0 Å². The van der Waals surface area contributed by atoms with Crippen molar-refractivity contribution in [2.45, 2.75) is 32.3 Å². The molecule has 1 spiro atoms. The van der Waals surface area contributed by atoms with Crippen LogP contribution in [0, 0.1) is 11.3 Å². The monoisotopic (exact) mass is 199 g/mol. The third-order valence-electron chi connectivity index (χ3n) is 3.71. The van der Waals surface area contributed by atoms with Crippen LogP contribution in [0.4, 0.5) is 4.79 Å². The SMILES string of the molecule is C[C@@H]1CC2(CC[C@H]1O)CN(C(=O)O)C2. The molecule has 1 saturated carbocycles. The molecular weight excluding hydrogens is 182 g/mol. The van der Waals surface area contributed by atoms with Gasteiger partial charge in [0, 0.05) is 18.5 Å². The van der Waals surface area contributed by atoms with Crippen LogP contribution in [0.15, 0.2) is 0 Å². The van der Waals surface area contributed by atoms with Crippen molar-refractivity contribution < 1.29 is 15.0 Å². The zero-order valence-corrected chi connectivity index (χ0v) is 8.44. The van der Waals surface area contributed by atoms with Crippen LogP contribution in [0.2, 0.25) is 0 Å². The van der Waals surface area contributed by atoms with Crippen LogP contribution in [0.25, 0.3) is 0 Å². The van der Waals surface area contributed by atoms with Gasteiger partial charge >= 0.3 is 6.09 Å². The number of aliphatic hydroxyl groups excluding tert-OH is 1. The van der Waals surface area contributed by atoms with E-state index in [2.05, 4.69) is 6.92 Å². The fraction of sp³-hybridized carbons (Fsp3) is 0.900. The molecule has 0 aromatic rings. The van der Waals surface area contributed by atoms with Gasteiger partial charge in [0.25, 0.3) is 0 Å². The van der Waals surface area contributed by atoms with E-state index in [9.17, 15) is 9.90 Å². The summed E-state index contributed by atoms with van der Waals surface area (Å²) in [5, 5.41) is 18.3. The van der Waals surface area contributed by atoms with E-state index in [-0.39, 0.29) is 11.5 Å². The van der Waals surface area contributed by atoms with Gasteiger partial charge in [0.15, 0.2) is 0 Å². The lowest BCUT2D eigenvalue weighted by Gasteiger charge is -2.53. The van der Waals surface area contributed by atoms with Crippen LogP contribution < -0.4 is 0 Å². The van der Waals surface area contributed by atoms with Crippen molar-refractivity contribution in [3.8, 4) is 0 Å². The molecule has 1 heterocycles. The Morgan fingerprint density at radius 3 is 2.64 bits per heavy atom. The molecule has 2 aliphatic rings. The third-order valence-corrected chi connectivity index (χ3v) is 3.71. The first-order valence-corrected chi connectivity index (χ1v) is 5.18. The van der Waals surface area contributed by atoms with E-state index in [0.717, 1.165) is 19.3 Å². The quantitative estimate of drug-likeness (QED) is 0.615. The molecule has 4 heteroatoms. The average molecular weight is 199 g/mol. The normalized spacial score (nSPS) is 35.4. The summed E-state index contributed by atoms with van der Waals surface area (Å²) in [5.74, 6) is 0.319. The largest absolute Gasteiger partial charge is 0.465 e. The summed E-state index contributed by atoms with van der Waals surface area (Å²) in [7, 11) is 0. The van der Waals surface area contributed by atoms with E-state index in [1.165, 1.54) is 4.90 Å². The Labute approximate surface area is 83.5 Å². The first kappa shape index (κ1) is 9.77. The standard InChI is InChI=1S/C10H17NO3/c1-7-4-10(3-2-8(7)12)5-11(6-10)9(13)14/h7-8,12H,2-6H2,1H3,(H,13,14)/t7-,8-/m1/s1. The summed E-state index contributed by atoms with van der Waals surface area (Å²) in [6, 6.07) is 0. The molecule has 2 fully saturated rings. The van der Waals surface area contributed by atoms with Gasteiger partial charge in [0.1, 0.15) is 0 Å². The maximum Gasteiger partial charge on any atom is 0.407 e. The molecule has 0 unspecified atom stereocenters. The van der Waals surface area contributed by atoms with E-state index in [1.807, 2.05) is 0 Å². The molecule has 2 atom stereocenters. The summed E-state index contributed by atoms with van der Waals surface area (Å²) >= 11 is 0. The molecule has 2 N–H and O–H groups in total. The highest BCUT2D eigenvalue weighted by atomic mass is 16.4. The zero-order chi connectivity index (χ0) is 10.3. The molecule has 80 valence electrons. The van der Waals surface area contributed by atoms with Gasteiger partial charge in [-0.05, 0) is 25.2 Å². The van der Waals surface area contributed by atoms with Gasteiger partial charge in [-0.25, -0.2) is 4.79 Å². The molecule has 1 saturated heterocycles. The molecule has 2 rings (SSSR count). The van der Waals surface area contributed by atoms with Crippen LogP contribution in [0.5, 0.6) is 0 Å². The Morgan fingerprint density at radius 2 is 2.14 bits per heavy atom. The van der Waals surface area contributed by atoms with Crippen molar-refractivity contribution in [2.24, 2.45) is 11.3 Å². The first-order valence-electron chi connectivity index (χ1n) is 5.18. The number of amides is 1. The molecule has 0 aromatic heterocycles. The minimum Gasteiger partial charge on any atom is -0.465 e. The molecule has 14 heavy (non-hydrogen) atoms. The topological polar surface area (TPSA) is 60.8 Å². The van der Waals surface area contributed by atoms with Gasteiger partial charge < -0.3 is 15.1 Å². The molecule has 0 aromatic carbocycles. The maximum absolute atomic E-state index is 10.6. The predicted octanol–water partition coefficient (Wildman–Crippen LogP) is 1.15. The molecule has 4 nitrogen and oxygen atoms in total. The van der Waals surface area contributed by atoms with Gasteiger partial charge in [-0.2, -0.15) is 0 Å². The molecule has 1 aliphatic heterocycles. The van der Waals surface area contributed by atoms with Crippen LogP contribution in [0.1, 0.15) is 26.2 Å². The highest BCUT2D eigenvalue weighted by Crippen LogP contribution is 2.45. The number of hydrogen-bond acceptors (Lipinski definition) is 2. The number of hydrogen-bond donors (Lipinski definition) is 2. The van der Waals surface area contributed by atoms with Gasteiger partial charge in [0.05, 0.1) is 6.10 Å². The number of carboxylic acid groups (broad SMARTS) is 1. The fourth-order valence-electron chi connectivity index (χ4n) is 2.85. The number of carbonyl (C=O) groups is 1. The van der Waals surface area contributed by atoms with E-state index < -0.39 is 6.09 Å². The second-order valence-electron chi connectivity index (χ2n) is 4.93. The average Bonchev–Trinajstić information content (AvgIpc) is 2.05. The number of rotatable bonds is 0. The minimum atomic E-state index is -0.811. The maximum atomic E-state index is 10.6. The van der Waals surface area contributed by atoms with Crippen molar-refractivity contribution in [3.63, 3.8) is 0 Å². The minimum absolute atomic E-state index is 0.181. The summed E-state index contributed by atoms with van der Waals surface area (Å²) in [5.41, 5.74) is 0.192. The number of likely N-dealkylation sites (tertiary alicyclic amines) is 1. The van der Waals surface area contributed by atoms with Crippen LogP contribution in [-0.4, -0.2) is 40.4 Å². The second kappa shape index (κ2) is 3.12. The van der Waals surface area contributed by atoms with Crippen molar-refractivity contribution in [1.29, 1.82) is 0 Å². The molecule has 1 aliphatic carbocycles. The van der Waals surface area contributed by atoms with Crippen molar-refractivity contribution in [3.05, 3.63) is 0 Å². The van der Waals surface area contributed by atoms with E-state index >= 15 is 0 Å². The Balaban J connectivity index is 1.92. The Hall–Kier alpha value is -0.770. The molecule has 1 amide bonds. The zero-order valence-electron chi connectivity index (χ0n) is 8.44. The molecule has 0 radical (unpaired) electrons. The lowest BCUT2D eigenvalue weighted by molar-refractivity contribution is -0.0649. The highest BCUT2D eigenvalue weighted by molar-refractivity contribution is 5.66. The summed E-state index contributed by atoms with van der Waals surface area (Å²) in [4.78, 5) is 12.1. The summed E-state index contributed by atoms with van der Waals surface area (Å²) < 4.78 is 0. The smallest absolute Gasteiger partial charge is 0.407 e. The van der Waals surface area contributed by atoms with E-state index in [1.54, 1.807) is 0 Å². The van der Waals surface area contributed by atoms with Crippen LogP contribution in [0.3, 0.4) is 0 Å². The molecular formula is C10H17NO3. The number of aliphatic hydroxyl groups is 1. The highest BCUT2D eigenvalue weighted by Gasteiger charge is 2.48. The summed E-state index contributed by atoms with van der Waals surface area (Å²) in [6.45, 7) is 3.38. The van der Waals surface area contributed by atoms with Crippen molar-refractivity contribution in [2.75, 3.05) is 13.1 Å².